The Morgan fingerprint density at radius 1 is 1.16 bits per heavy atom. The first-order valence-corrected chi connectivity index (χ1v) is 12.9. The van der Waals surface area contributed by atoms with Crippen molar-refractivity contribution in [2.24, 2.45) is 0 Å². The lowest BCUT2D eigenvalue weighted by atomic mass is 10.2. The van der Waals surface area contributed by atoms with Crippen LogP contribution < -0.4 is 4.74 Å². The summed E-state index contributed by atoms with van der Waals surface area (Å²) in [4.78, 5) is 37.8. The van der Waals surface area contributed by atoms with Gasteiger partial charge in [-0.15, -0.1) is 0 Å². The third kappa shape index (κ3) is 6.58. The van der Waals surface area contributed by atoms with Gasteiger partial charge in [-0.05, 0) is 122 Å². The van der Waals surface area contributed by atoms with Crippen LogP contribution in [0, 0.1) is 3.57 Å². The van der Waals surface area contributed by atoms with Gasteiger partial charge in [-0.3, -0.25) is 19.3 Å². The number of rotatable bonds is 7. The molecule has 0 N–H and O–H groups in total. The number of carbonyl (C=O) groups excluding carboxylic acids is 3. The van der Waals surface area contributed by atoms with Crippen molar-refractivity contribution in [3.05, 3.63) is 64.9 Å². The summed E-state index contributed by atoms with van der Waals surface area (Å²) in [6, 6.07) is 11.6. The number of amides is 2. The number of ether oxygens (including phenoxy) is 2. The van der Waals surface area contributed by atoms with E-state index in [0.717, 1.165) is 25.8 Å². The monoisotopic (exact) mass is 693 g/mol. The van der Waals surface area contributed by atoms with Crippen molar-refractivity contribution < 1.29 is 23.9 Å². The zero-order valence-electron chi connectivity index (χ0n) is 17.1. The largest absolute Gasteiger partial charge is 0.487 e. The van der Waals surface area contributed by atoms with Crippen LogP contribution in [0.5, 0.6) is 5.75 Å². The molecule has 1 fully saturated rings. The van der Waals surface area contributed by atoms with Gasteiger partial charge in [0.1, 0.15) is 18.9 Å². The molecule has 1 aliphatic rings. The summed E-state index contributed by atoms with van der Waals surface area (Å²) in [5.74, 6) is -0.513. The molecule has 0 radical (unpaired) electrons. The molecule has 0 saturated carbocycles. The first kappa shape index (κ1) is 25.3. The van der Waals surface area contributed by atoms with Gasteiger partial charge in [0.05, 0.1) is 20.0 Å². The van der Waals surface area contributed by atoms with Crippen LogP contribution in [0.2, 0.25) is 0 Å². The lowest BCUT2D eigenvalue weighted by molar-refractivity contribution is -0.149. The van der Waals surface area contributed by atoms with Crippen LogP contribution in [-0.4, -0.2) is 34.7 Å². The maximum Gasteiger partial charge on any atom is 0.326 e. The number of carbonyl (C=O) groups is 3. The van der Waals surface area contributed by atoms with Crippen molar-refractivity contribution >= 4 is 89.4 Å². The van der Waals surface area contributed by atoms with Gasteiger partial charge in [-0.1, -0.05) is 12.1 Å². The minimum absolute atomic E-state index is 0.235. The van der Waals surface area contributed by atoms with Gasteiger partial charge in [0.15, 0.2) is 0 Å². The number of imide groups is 1. The Balaban J connectivity index is 1.73. The molecule has 0 aromatic heterocycles. The quantitative estimate of drug-likeness (QED) is 0.190. The Hall–Kier alpha value is -1.37. The minimum Gasteiger partial charge on any atom is -0.487 e. The Bertz CT molecular complexity index is 1070. The summed E-state index contributed by atoms with van der Waals surface area (Å²) in [6.07, 6.45) is 1.29. The van der Waals surface area contributed by atoms with Crippen molar-refractivity contribution in [2.75, 3.05) is 6.54 Å². The van der Waals surface area contributed by atoms with Crippen LogP contribution in [0.25, 0.3) is 6.08 Å². The third-order valence-corrected chi connectivity index (χ3v) is 6.95. The molecule has 32 heavy (non-hydrogen) atoms. The van der Waals surface area contributed by atoms with Crippen LogP contribution in [-0.2, 0) is 20.9 Å². The Morgan fingerprint density at radius 2 is 1.78 bits per heavy atom. The smallest absolute Gasteiger partial charge is 0.326 e. The van der Waals surface area contributed by atoms with Crippen LogP contribution >= 0.6 is 66.2 Å². The van der Waals surface area contributed by atoms with E-state index in [4.69, 9.17) is 9.47 Å². The van der Waals surface area contributed by atoms with Crippen LogP contribution in [0.4, 0.5) is 4.79 Å². The van der Waals surface area contributed by atoms with Crippen molar-refractivity contribution in [1.29, 1.82) is 0 Å². The molecule has 2 aromatic carbocycles. The van der Waals surface area contributed by atoms with Crippen molar-refractivity contribution in [3.63, 3.8) is 0 Å². The van der Waals surface area contributed by atoms with E-state index in [1.807, 2.05) is 24.3 Å². The number of esters is 1. The molecule has 1 saturated heterocycles. The summed E-state index contributed by atoms with van der Waals surface area (Å²) >= 11 is 10.1. The molecule has 0 aliphatic carbocycles. The molecular formula is C22H18Br2INO5S. The maximum absolute atomic E-state index is 12.6. The Morgan fingerprint density at radius 3 is 2.38 bits per heavy atom. The van der Waals surface area contributed by atoms with Crippen molar-refractivity contribution in [2.45, 2.75) is 26.6 Å². The average molecular weight is 695 g/mol. The van der Waals surface area contributed by atoms with E-state index in [-0.39, 0.29) is 11.0 Å². The molecule has 10 heteroatoms. The second-order valence-corrected chi connectivity index (χ2v) is 11.0. The fraction of sp³-hybridized carbons (Fsp3) is 0.227. The molecule has 1 aliphatic heterocycles. The van der Waals surface area contributed by atoms with Gasteiger partial charge < -0.3 is 9.47 Å². The van der Waals surface area contributed by atoms with Crippen molar-refractivity contribution in [3.8, 4) is 5.75 Å². The van der Waals surface area contributed by atoms with E-state index in [1.54, 1.807) is 32.1 Å². The van der Waals surface area contributed by atoms with Crippen LogP contribution in [0.1, 0.15) is 25.0 Å². The van der Waals surface area contributed by atoms with E-state index < -0.39 is 23.7 Å². The Labute approximate surface area is 220 Å². The highest BCUT2D eigenvalue weighted by Crippen LogP contribution is 2.38. The van der Waals surface area contributed by atoms with E-state index in [0.29, 0.717) is 26.9 Å². The fourth-order valence-corrected chi connectivity index (χ4v) is 5.40. The summed E-state index contributed by atoms with van der Waals surface area (Å²) in [7, 11) is 0. The molecule has 6 nitrogen and oxygen atoms in total. The summed E-state index contributed by atoms with van der Waals surface area (Å²) in [5.41, 5.74) is 1.73. The molecule has 2 amide bonds. The molecule has 2 aromatic rings. The number of hydrogen-bond donors (Lipinski definition) is 0. The lowest BCUT2D eigenvalue weighted by Gasteiger charge is -2.13. The topological polar surface area (TPSA) is 72.9 Å². The second kappa shape index (κ2) is 11.2. The molecule has 1 heterocycles. The van der Waals surface area contributed by atoms with Gasteiger partial charge in [0.2, 0.25) is 0 Å². The maximum atomic E-state index is 12.6. The molecule has 3 rings (SSSR count). The van der Waals surface area contributed by atoms with Crippen molar-refractivity contribution in [1.82, 2.24) is 4.90 Å². The van der Waals surface area contributed by atoms with Gasteiger partial charge in [0, 0.05) is 3.57 Å². The lowest BCUT2D eigenvalue weighted by Crippen LogP contribution is -2.35. The van der Waals surface area contributed by atoms with Gasteiger partial charge in [0.25, 0.3) is 11.1 Å². The van der Waals surface area contributed by atoms with Gasteiger partial charge >= 0.3 is 5.97 Å². The zero-order chi connectivity index (χ0) is 23.4. The highest BCUT2D eigenvalue weighted by Gasteiger charge is 2.36. The van der Waals surface area contributed by atoms with Gasteiger partial charge in [-0.25, -0.2) is 0 Å². The van der Waals surface area contributed by atoms with Crippen LogP contribution in [0.3, 0.4) is 0 Å². The number of hydrogen-bond acceptors (Lipinski definition) is 6. The normalized spacial score (nSPS) is 15.1. The number of thioether (sulfide) groups is 1. The van der Waals surface area contributed by atoms with E-state index in [9.17, 15) is 14.4 Å². The SMILES string of the molecule is CC(C)OC(=O)CN1C(=O)S/C(=C/c2cc(Br)c(OCc3ccc(I)cc3)c(Br)c2)C1=O. The predicted molar refractivity (Wildman–Crippen MR) is 139 cm³/mol. The minimum atomic E-state index is -0.622. The Kier molecular flexibility index (Phi) is 8.82. The fourth-order valence-electron chi connectivity index (χ4n) is 2.75. The van der Waals surface area contributed by atoms with E-state index in [1.165, 1.54) is 0 Å². The van der Waals surface area contributed by atoms with Gasteiger partial charge in [-0.2, -0.15) is 0 Å². The molecule has 0 spiro atoms. The van der Waals surface area contributed by atoms with E-state index >= 15 is 0 Å². The zero-order valence-corrected chi connectivity index (χ0v) is 23.2. The number of nitrogens with zero attached hydrogens (tertiary/aromatic N) is 1. The summed E-state index contributed by atoms with van der Waals surface area (Å²) < 4.78 is 13.5. The molecule has 0 unspecified atom stereocenters. The predicted octanol–water partition coefficient (Wildman–Crippen LogP) is 6.38. The second-order valence-electron chi connectivity index (χ2n) is 7.04. The standard InChI is InChI=1S/C22H18Br2INO5S/c1-12(2)31-19(27)10-26-21(28)18(32-22(26)29)9-14-7-16(23)20(17(24)8-14)30-11-13-3-5-15(25)6-4-13/h3-9,12H,10-11H2,1-2H3/b18-9+. The van der Waals surface area contributed by atoms with Crippen LogP contribution in [0.15, 0.2) is 50.2 Å². The third-order valence-electron chi connectivity index (χ3n) is 4.14. The first-order valence-electron chi connectivity index (χ1n) is 9.45. The number of halogens is 3. The summed E-state index contributed by atoms with van der Waals surface area (Å²) in [6.45, 7) is 3.40. The molecule has 0 atom stereocenters. The first-order chi connectivity index (χ1) is 15.1. The van der Waals surface area contributed by atoms with E-state index in [2.05, 4.69) is 54.5 Å². The summed E-state index contributed by atoms with van der Waals surface area (Å²) in [5, 5.41) is -0.502. The highest BCUT2D eigenvalue weighted by molar-refractivity contribution is 14.1. The number of benzene rings is 2. The average Bonchev–Trinajstić information content (AvgIpc) is 2.95. The molecule has 0 bridgehead atoms. The highest BCUT2D eigenvalue weighted by atomic mass is 127. The molecule has 168 valence electrons. The molecular weight excluding hydrogens is 677 g/mol.